The van der Waals surface area contributed by atoms with E-state index < -0.39 is 46.6 Å². The van der Waals surface area contributed by atoms with Crippen molar-refractivity contribution in [3.05, 3.63) is 123 Å². The first kappa shape index (κ1) is 35.2. The molecule has 0 radical (unpaired) electrons. The molecule has 8 N–H and O–H groups in total. The highest BCUT2D eigenvalue weighted by molar-refractivity contribution is 6.09. The van der Waals surface area contributed by atoms with Gasteiger partial charge in [0, 0.05) is 46.6 Å². The van der Waals surface area contributed by atoms with E-state index in [0.717, 1.165) is 29.4 Å². The van der Waals surface area contributed by atoms with Crippen molar-refractivity contribution in [3.8, 4) is 46.0 Å². The molecule has 10 heteroatoms. The van der Waals surface area contributed by atoms with Gasteiger partial charge in [0.2, 0.25) is 0 Å². The summed E-state index contributed by atoms with van der Waals surface area (Å²) in [6.07, 6.45) is 6.25. The van der Waals surface area contributed by atoms with Crippen molar-refractivity contribution in [3.63, 3.8) is 0 Å². The average molecular weight is 679 g/mol. The Balaban J connectivity index is 1.67. The van der Waals surface area contributed by atoms with Gasteiger partial charge in [0.15, 0.2) is 11.6 Å². The van der Waals surface area contributed by atoms with Crippen LogP contribution >= 0.6 is 0 Å². The number of phenols is 8. The highest BCUT2D eigenvalue weighted by Gasteiger charge is 2.43. The minimum atomic E-state index is -1.19. The third-order valence-corrected chi connectivity index (χ3v) is 9.00. The lowest BCUT2D eigenvalue weighted by atomic mass is 9.65. The molecule has 0 heterocycles. The number of ketones is 2. The second-order valence-electron chi connectivity index (χ2n) is 12.8. The van der Waals surface area contributed by atoms with Gasteiger partial charge in [-0.25, -0.2) is 0 Å². The van der Waals surface area contributed by atoms with Gasteiger partial charge in [-0.2, -0.15) is 0 Å². The molecule has 3 atom stereocenters. The monoisotopic (exact) mass is 678 g/mol. The van der Waals surface area contributed by atoms with Crippen LogP contribution in [0.15, 0.2) is 90.0 Å². The molecule has 0 saturated heterocycles. The predicted molar refractivity (Wildman–Crippen MR) is 187 cm³/mol. The summed E-state index contributed by atoms with van der Waals surface area (Å²) >= 11 is 0. The van der Waals surface area contributed by atoms with Crippen LogP contribution in [0.5, 0.6) is 46.0 Å². The van der Waals surface area contributed by atoms with E-state index in [4.69, 9.17) is 0 Å². The quantitative estimate of drug-likeness (QED) is 0.0500. The first-order valence-corrected chi connectivity index (χ1v) is 15.9. The Morgan fingerprint density at radius 2 is 1.38 bits per heavy atom. The van der Waals surface area contributed by atoms with Crippen LogP contribution in [-0.2, 0) is 6.42 Å². The first-order chi connectivity index (χ1) is 23.7. The molecule has 50 heavy (non-hydrogen) atoms. The minimum absolute atomic E-state index is 0.130. The maximum atomic E-state index is 14.7. The molecule has 0 aliphatic heterocycles. The molecule has 5 rings (SSSR count). The lowest BCUT2D eigenvalue weighted by Gasteiger charge is -2.37. The van der Waals surface area contributed by atoms with Crippen LogP contribution in [0.1, 0.15) is 82.0 Å². The Morgan fingerprint density at radius 3 is 2.04 bits per heavy atom. The van der Waals surface area contributed by atoms with E-state index >= 15 is 0 Å². The number of allylic oxidation sites excluding steroid dienone is 5. The number of rotatable bonds is 9. The Bertz CT molecular complexity index is 2080. The van der Waals surface area contributed by atoms with Crippen molar-refractivity contribution >= 4 is 17.6 Å². The number of Topliss-reactive ketones (excluding diaryl/α,β-unsaturated/α-hetero) is 1. The van der Waals surface area contributed by atoms with Crippen LogP contribution in [0.4, 0.5) is 0 Å². The van der Waals surface area contributed by atoms with E-state index in [1.165, 1.54) is 54.6 Å². The van der Waals surface area contributed by atoms with Gasteiger partial charge in [-0.05, 0) is 93.8 Å². The largest absolute Gasteiger partial charge is 0.508 e. The Labute approximate surface area is 288 Å². The summed E-state index contributed by atoms with van der Waals surface area (Å²) in [5, 5.41) is 85.5. The normalized spacial score (nSPS) is 17.3. The minimum Gasteiger partial charge on any atom is -0.508 e. The van der Waals surface area contributed by atoms with Crippen LogP contribution in [-0.4, -0.2) is 52.4 Å². The van der Waals surface area contributed by atoms with E-state index in [9.17, 15) is 50.4 Å². The highest BCUT2D eigenvalue weighted by atomic mass is 16.3. The summed E-state index contributed by atoms with van der Waals surface area (Å²) in [6.45, 7) is 5.48. The fourth-order valence-electron chi connectivity index (χ4n) is 6.52. The second kappa shape index (κ2) is 14.1. The zero-order valence-corrected chi connectivity index (χ0v) is 27.6. The van der Waals surface area contributed by atoms with Crippen molar-refractivity contribution in [2.75, 3.05) is 0 Å². The van der Waals surface area contributed by atoms with Gasteiger partial charge in [-0.3, -0.25) is 9.59 Å². The fourth-order valence-corrected chi connectivity index (χ4v) is 6.52. The standard InChI is InChI=1S/C40H38O10/c1-20(2)4-9-26-32(44)14-12-28(38(26)48)40(50)36-29(25-10-8-24(42)19-35(25)47)16-21(3)17-30(36)37-33(45)15-11-27(39(37)49)31(43)13-6-22-5-7-23(41)18-34(22)46/h4-8,10-15,17-19,29-30,36,41-42,44-49H,9,16H2,1-3H3/t29-,30+,36-/m0/s1. The first-order valence-electron chi connectivity index (χ1n) is 15.9. The Hall–Kier alpha value is -6.16. The van der Waals surface area contributed by atoms with Gasteiger partial charge in [-0.15, -0.1) is 0 Å². The maximum absolute atomic E-state index is 14.7. The third kappa shape index (κ3) is 7.00. The van der Waals surface area contributed by atoms with Crippen molar-refractivity contribution < 1.29 is 50.4 Å². The van der Waals surface area contributed by atoms with Gasteiger partial charge >= 0.3 is 0 Å². The summed E-state index contributed by atoms with van der Waals surface area (Å²) < 4.78 is 0. The van der Waals surface area contributed by atoms with E-state index in [2.05, 4.69) is 0 Å². The molecule has 0 amide bonds. The molecule has 0 spiro atoms. The van der Waals surface area contributed by atoms with Gasteiger partial charge in [0.1, 0.15) is 46.0 Å². The highest BCUT2D eigenvalue weighted by Crippen LogP contribution is 2.53. The summed E-state index contributed by atoms with van der Waals surface area (Å²) in [4.78, 5) is 28.1. The van der Waals surface area contributed by atoms with E-state index in [0.29, 0.717) is 5.56 Å². The van der Waals surface area contributed by atoms with Crippen molar-refractivity contribution in [1.82, 2.24) is 0 Å². The van der Waals surface area contributed by atoms with Gasteiger partial charge < -0.3 is 40.9 Å². The van der Waals surface area contributed by atoms with Crippen LogP contribution < -0.4 is 0 Å². The molecule has 0 unspecified atom stereocenters. The van der Waals surface area contributed by atoms with Crippen LogP contribution in [0.2, 0.25) is 0 Å². The van der Waals surface area contributed by atoms with E-state index in [1.807, 2.05) is 13.8 Å². The lowest BCUT2D eigenvalue weighted by Crippen LogP contribution is -2.32. The molecular weight excluding hydrogens is 640 g/mol. The van der Waals surface area contributed by atoms with Crippen LogP contribution in [0.3, 0.4) is 0 Å². The van der Waals surface area contributed by atoms with Crippen molar-refractivity contribution in [1.29, 1.82) is 0 Å². The molecule has 1 aliphatic rings. The third-order valence-electron chi connectivity index (χ3n) is 9.00. The van der Waals surface area contributed by atoms with E-state index in [1.54, 1.807) is 19.1 Å². The van der Waals surface area contributed by atoms with Gasteiger partial charge in [-0.1, -0.05) is 29.4 Å². The molecular formula is C40H38O10. The molecule has 0 saturated carbocycles. The number of carbonyl (C=O) groups excluding carboxylic acids is 2. The summed E-state index contributed by atoms with van der Waals surface area (Å²) in [5.74, 6) is -7.01. The Morgan fingerprint density at radius 1 is 0.740 bits per heavy atom. The van der Waals surface area contributed by atoms with Gasteiger partial charge in [0.05, 0.1) is 11.1 Å². The number of hydrogen-bond donors (Lipinski definition) is 8. The zero-order chi connectivity index (χ0) is 36.4. The molecule has 4 aromatic carbocycles. The summed E-state index contributed by atoms with van der Waals surface area (Å²) in [6, 6.07) is 12.8. The van der Waals surface area contributed by atoms with Crippen LogP contribution in [0, 0.1) is 5.92 Å². The second-order valence-corrected chi connectivity index (χ2v) is 12.8. The number of hydrogen-bond acceptors (Lipinski definition) is 10. The lowest BCUT2D eigenvalue weighted by molar-refractivity contribution is 0.0876. The topological polar surface area (TPSA) is 196 Å². The number of carbonyl (C=O) groups is 2. The summed E-state index contributed by atoms with van der Waals surface area (Å²) in [5.41, 5.74) is 1.82. The molecule has 0 bridgehead atoms. The molecule has 0 aromatic heterocycles. The van der Waals surface area contributed by atoms with Crippen LogP contribution in [0.25, 0.3) is 6.08 Å². The maximum Gasteiger partial charge on any atom is 0.189 e. The number of benzene rings is 4. The van der Waals surface area contributed by atoms with Crippen molar-refractivity contribution in [2.45, 2.75) is 45.4 Å². The SMILES string of the molecule is CC(C)=CCc1c(O)ccc(C(=O)[C@@H]2[C@H](c3c(O)ccc(C(=O)C=Cc4ccc(O)cc4O)c3O)C=C(C)C[C@H]2c2ccc(O)cc2O)c1O. The molecule has 0 fully saturated rings. The molecule has 4 aromatic rings. The van der Waals surface area contributed by atoms with Crippen molar-refractivity contribution in [2.24, 2.45) is 5.92 Å². The molecule has 10 nitrogen and oxygen atoms in total. The van der Waals surface area contributed by atoms with E-state index in [-0.39, 0.29) is 69.4 Å². The fraction of sp³-hybridized carbons (Fsp3) is 0.200. The Kier molecular flexibility index (Phi) is 9.94. The number of phenolic OH excluding ortho intramolecular Hbond substituents is 8. The average Bonchev–Trinajstić information content (AvgIpc) is 3.03. The molecule has 258 valence electrons. The zero-order valence-electron chi connectivity index (χ0n) is 27.6. The number of aromatic hydroxyl groups is 8. The van der Waals surface area contributed by atoms with Gasteiger partial charge in [0.25, 0.3) is 0 Å². The molecule has 1 aliphatic carbocycles. The smallest absolute Gasteiger partial charge is 0.189 e. The predicted octanol–water partition coefficient (Wildman–Crippen LogP) is 7.45. The summed E-state index contributed by atoms with van der Waals surface area (Å²) in [7, 11) is 0.